The molecule has 0 aliphatic rings. The van der Waals surface area contributed by atoms with Gasteiger partial charge in [0.2, 0.25) is 5.69 Å². The Bertz CT molecular complexity index is 453. The highest BCUT2D eigenvalue weighted by Gasteiger charge is 2.29. The summed E-state index contributed by atoms with van der Waals surface area (Å²) in [6, 6.07) is -0.0303. The highest BCUT2D eigenvalue weighted by atomic mass is 16.6. The first-order chi connectivity index (χ1) is 7.88. The van der Waals surface area contributed by atoms with Crippen molar-refractivity contribution in [3.63, 3.8) is 0 Å². The van der Waals surface area contributed by atoms with Gasteiger partial charge in [-0.3, -0.25) is 19.6 Å². The fourth-order valence-electron chi connectivity index (χ4n) is 1.51. The van der Waals surface area contributed by atoms with E-state index in [9.17, 15) is 14.9 Å². The molecule has 0 spiro atoms. The third kappa shape index (κ3) is 2.61. The molecule has 1 aromatic rings. The molecule has 0 aromatic carbocycles. The van der Waals surface area contributed by atoms with Crippen molar-refractivity contribution >= 4 is 11.6 Å². The minimum Gasteiger partial charge on any atom is -0.348 e. The van der Waals surface area contributed by atoms with E-state index in [1.807, 2.05) is 13.8 Å². The molecule has 0 saturated heterocycles. The lowest BCUT2D eigenvalue weighted by Gasteiger charge is -2.10. The molecule has 1 unspecified atom stereocenters. The maximum Gasteiger partial charge on any atom is 0.322 e. The maximum atomic E-state index is 11.9. The maximum absolute atomic E-state index is 11.9. The fourth-order valence-corrected chi connectivity index (χ4v) is 1.51. The molecule has 7 heteroatoms. The fraction of sp³-hybridized carbons (Fsp3) is 0.600. The molecule has 1 heterocycles. The van der Waals surface area contributed by atoms with Crippen molar-refractivity contribution in [3.05, 3.63) is 21.5 Å². The molecule has 0 aliphatic carbocycles. The van der Waals surface area contributed by atoms with E-state index in [4.69, 9.17) is 0 Å². The number of hydrogen-bond acceptors (Lipinski definition) is 4. The van der Waals surface area contributed by atoms with Crippen molar-refractivity contribution in [2.24, 2.45) is 7.05 Å². The topological polar surface area (TPSA) is 90.1 Å². The van der Waals surface area contributed by atoms with E-state index >= 15 is 0 Å². The van der Waals surface area contributed by atoms with Crippen LogP contribution in [0.4, 0.5) is 5.69 Å². The van der Waals surface area contributed by atoms with Crippen molar-refractivity contribution in [1.29, 1.82) is 0 Å². The Kier molecular flexibility index (Phi) is 3.82. The number of amides is 1. The zero-order valence-corrected chi connectivity index (χ0v) is 10.4. The third-order valence-electron chi connectivity index (χ3n) is 2.58. The Morgan fingerprint density at radius 2 is 2.24 bits per heavy atom. The summed E-state index contributed by atoms with van der Waals surface area (Å²) in [6.45, 7) is 5.28. The number of aromatic nitrogens is 2. The molecule has 1 N–H and O–H groups in total. The minimum absolute atomic E-state index is 0.00667. The quantitative estimate of drug-likeness (QED) is 0.631. The van der Waals surface area contributed by atoms with Crippen LogP contribution in [0, 0.1) is 17.0 Å². The van der Waals surface area contributed by atoms with Crippen LogP contribution in [-0.4, -0.2) is 26.7 Å². The Balaban J connectivity index is 3.12. The molecule has 0 bridgehead atoms. The van der Waals surface area contributed by atoms with Gasteiger partial charge in [0.1, 0.15) is 5.69 Å². The highest BCUT2D eigenvalue weighted by molar-refractivity contribution is 5.97. The lowest BCUT2D eigenvalue weighted by molar-refractivity contribution is -0.385. The second-order valence-electron chi connectivity index (χ2n) is 3.95. The van der Waals surface area contributed by atoms with Crippen LogP contribution < -0.4 is 5.32 Å². The molecule has 1 rings (SSSR count). The summed E-state index contributed by atoms with van der Waals surface area (Å²) in [5.41, 5.74) is 0.00732. The van der Waals surface area contributed by atoms with Gasteiger partial charge in [0.25, 0.3) is 5.91 Å². The number of aryl methyl sites for hydroxylation is 2. The van der Waals surface area contributed by atoms with Gasteiger partial charge in [0.15, 0.2) is 0 Å². The number of carbonyl (C=O) groups is 1. The summed E-state index contributed by atoms with van der Waals surface area (Å²) < 4.78 is 1.24. The normalized spacial score (nSPS) is 12.2. The smallest absolute Gasteiger partial charge is 0.322 e. The molecule has 1 aromatic heterocycles. The third-order valence-corrected chi connectivity index (χ3v) is 2.58. The van der Waals surface area contributed by atoms with E-state index in [0.717, 1.165) is 6.42 Å². The van der Waals surface area contributed by atoms with Gasteiger partial charge in [-0.05, 0) is 20.3 Å². The summed E-state index contributed by atoms with van der Waals surface area (Å²) in [4.78, 5) is 22.2. The second-order valence-corrected chi connectivity index (χ2v) is 3.95. The van der Waals surface area contributed by atoms with Crippen LogP contribution >= 0.6 is 0 Å². The highest BCUT2D eigenvalue weighted by Crippen LogP contribution is 2.22. The van der Waals surface area contributed by atoms with Crippen LogP contribution in [0.25, 0.3) is 0 Å². The number of rotatable bonds is 4. The van der Waals surface area contributed by atoms with Gasteiger partial charge in [-0.1, -0.05) is 6.92 Å². The van der Waals surface area contributed by atoms with Gasteiger partial charge in [-0.15, -0.1) is 0 Å². The van der Waals surface area contributed by atoms with Gasteiger partial charge >= 0.3 is 5.69 Å². The monoisotopic (exact) mass is 240 g/mol. The van der Waals surface area contributed by atoms with Gasteiger partial charge in [-0.25, -0.2) is 0 Å². The lowest BCUT2D eigenvalue weighted by atomic mass is 10.2. The van der Waals surface area contributed by atoms with Crippen LogP contribution in [0.5, 0.6) is 0 Å². The SMILES string of the molecule is CCC(C)NC(=O)c1c([N+](=O)[O-])c(C)nn1C. The molecule has 0 radical (unpaired) electrons. The van der Waals surface area contributed by atoms with E-state index in [-0.39, 0.29) is 23.1 Å². The summed E-state index contributed by atoms with van der Waals surface area (Å²) in [5, 5.41) is 17.5. The zero-order chi connectivity index (χ0) is 13.2. The van der Waals surface area contributed by atoms with E-state index in [1.165, 1.54) is 18.7 Å². The Morgan fingerprint density at radius 3 is 2.71 bits per heavy atom. The molecular weight excluding hydrogens is 224 g/mol. The van der Waals surface area contributed by atoms with E-state index in [0.29, 0.717) is 0 Å². The number of nitrogens with zero attached hydrogens (tertiary/aromatic N) is 3. The second kappa shape index (κ2) is 4.94. The van der Waals surface area contributed by atoms with Crippen molar-refractivity contribution in [2.45, 2.75) is 33.2 Å². The van der Waals surface area contributed by atoms with Gasteiger partial charge in [0.05, 0.1) is 4.92 Å². The van der Waals surface area contributed by atoms with Gasteiger partial charge in [0, 0.05) is 13.1 Å². The summed E-state index contributed by atoms with van der Waals surface area (Å²) in [5.74, 6) is -0.464. The standard InChI is InChI=1S/C10H16N4O3/c1-5-6(2)11-10(15)9-8(14(16)17)7(3)12-13(9)4/h6H,5H2,1-4H3,(H,11,15). The van der Waals surface area contributed by atoms with E-state index in [1.54, 1.807) is 0 Å². The van der Waals surface area contributed by atoms with Crippen LogP contribution in [-0.2, 0) is 7.05 Å². The molecule has 1 atom stereocenters. The van der Waals surface area contributed by atoms with E-state index in [2.05, 4.69) is 10.4 Å². The number of nitro groups is 1. The van der Waals surface area contributed by atoms with Crippen LogP contribution in [0.2, 0.25) is 0 Å². The molecule has 7 nitrogen and oxygen atoms in total. The summed E-state index contributed by atoms with van der Waals surface area (Å²) in [6.07, 6.45) is 0.760. The average Bonchev–Trinajstić information content (AvgIpc) is 2.53. The number of carbonyl (C=O) groups excluding carboxylic acids is 1. The lowest BCUT2D eigenvalue weighted by Crippen LogP contribution is -2.33. The molecule has 0 fully saturated rings. The van der Waals surface area contributed by atoms with Gasteiger partial charge < -0.3 is 5.32 Å². The average molecular weight is 240 g/mol. The number of hydrogen-bond donors (Lipinski definition) is 1. The van der Waals surface area contributed by atoms with Crippen LogP contribution in [0.3, 0.4) is 0 Å². The Labute approximate surface area is 99.0 Å². The predicted octanol–water partition coefficient (Wildman–Crippen LogP) is 1.17. The van der Waals surface area contributed by atoms with Crippen molar-refractivity contribution in [1.82, 2.24) is 15.1 Å². The first-order valence-corrected chi connectivity index (χ1v) is 5.37. The van der Waals surface area contributed by atoms with Crippen molar-refractivity contribution in [3.8, 4) is 0 Å². The van der Waals surface area contributed by atoms with Crippen LogP contribution in [0.1, 0.15) is 36.5 Å². The van der Waals surface area contributed by atoms with Crippen molar-refractivity contribution in [2.75, 3.05) is 0 Å². The van der Waals surface area contributed by atoms with Gasteiger partial charge in [-0.2, -0.15) is 5.10 Å². The first-order valence-electron chi connectivity index (χ1n) is 5.37. The van der Waals surface area contributed by atoms with Crippen molar-refractivity contribution < 1.29 is 9.72 Å². The zero-order valence-electron chi connectivity index (χ0n) is 10.4. The molecule has 94 valence electrons. The molecule has 17 heavy (non-hydrogen) atoms. The van der Waals surface area contributed by atoms with E-state index < -0.39 is 10.8 Å². The molecular formula is C10H16N4O3. The summed E-state index contributed by atoms with van der Waals surface area (Å²) in [7, 11) is 1.52. The molecule has 0 saturated carbocycles. The van der Waals surface area contributed by atoms with Crippen LogP contribution in [0.15, 0.2) is 0 Å². The largest absolute Gasteiger partial charge is 0.348 e. The number of nitrogens with one attached hydrogen (secondary N) is 1. The molecule has 1 amide bonds. The predicted molar refractivity (Wildman–Crippen MR) is 61.8 cm³/mol. The molecule has 0 aliphatic heterocycles. The first kappa shape index (κ1) is 13.1. The Hall–Kier alpha value is -1.92. The Morgan fingerprint density at radius 1 is 1.65 bits per heavy atom. The minimum atomic E-state index is -0.576. The summed E-state index contributed by atoms with van der Waals surface area (Å²) >= 11 is 0.